The molecule has 0 spiro atoms. The first-order valence-electron chi connectivity index (χ1n) is 8.70. The zero-order valence-corrected chi connectivity index (χ0v) is 13.8. The van der Waals surface area contributed by atoms with E-state index in [1.807, 2.05) is 18.2 Å². The lowest BCUT2D eigenvalue weighted by atomic mass is 10.0. The van der Waals surface area contributed by atoms with Gasteiger partial charge in [0.25, 0.3) is 0 Å². The summed E-state index contributed by atoms with van der Waals surface area (Å²) in [6.45, 7) is 6.81. The molecule has 0 bridgehead atoms. The maximum absolute atomic E-state index is 4.80. The molecule has 2 aliphatic heterocycles. The molecular weight excluding hydrogens is 284 g/mol. The Morgan fingerprint density at radius 3 is 2.43 bits per heavy atom. The first-order chi connectivity index (χ1) is 11.3. The van der Waals surface area contributed by atoms with Gasteiger partial charge >= 0.3 is 0 Å². The number of aromatic nitrogens is 2. The average Bonchev–Trinajstić information content (AvgIpc) is 2.55. The monoisotopic (exact) mass is 308 g/mol. The molecule has 4 heteroatoms. The largest absolute Gasteiger partial charge is 0.353 e. The van der Waals surface area contributed by atoms with Crippen LogP contribution in [-0.2, 0) is 0 Å². The quantitative estimate of drug-likeness (QED) is 0.872. The van der Waals surface area contributed by atoms with Gasteiger partial charge in [-0.25, -0.2) is 9.97 Å². The highest BCUT2D eigenvalue weighted by molar-refractivity contribution is 5.58. The Labute approximate surface area is 138 Å². The lowest BCUT2D eigenvalue weighted by molar-refractivity contribution is 0.138. The summed E-state index contributed by atoms with van der Waals surface area (Å²) in [5, 5.41) is 0. The van der Waals surface area contributed by atoms with Crippen LogP contribution < -0.4 is 4.90 Å². The summed E-state index contributed by atoms with van der Waals surface area (Å²) in [5.74, 6) is 1.91. The molecule has 4 rings (SSSR count). The van der Waals surface area contributed by atoms with Gasteiger partial charge in [0.1, 0.15) is 5.82 Å². The molecule has 1 aromatic carbocycles. The van der Waals surface area contributed by atoms with Gasteiger partial charge in [0.15, 0.2) is 5.82 Å². The maximum Gasteiger partial charge on any atom is 0.161 e. The average molecular weight is 308 g/mol. The summed E-state index contributed by atoms with van der Waals surface area (Å²) < 4.78 is 0. The minimum Gasteiger partial charge on any atom is -0.353 e. The van der Waals surface area contributed by atoms with Crippen molar-refractivity contribution < 1.29 is 0 Å². The van der Waals surface area contributed by atoms with E-state index in [0.717, 1.165) is 36.0 Å². The molecular formula is C19H24N4. The summed E-state index contributed by atoms with van der Waals surface area (Å²) in [6, 6.07) is 13.1. The number of anilines is 1. The number of rotatable bonds is 3. The number of hydrogen-bond donors (Lipinski definition) is 0. The number of aryl methyl sites for hydroxylation is 1. The molecule has 2 aliphatic rings. The number of benzene rings is 1. The second-order valence-corrected chi connectivity index (χ2v) is 6.71. The zero-order chi connectivity index (χ0) is 15.6. The summed E-state index contributed by atoms with van der Waals surface area (Å²) in [5.41, 5.74) is 2.13. The number of likely N-dealkylation sites (tertiary alicyclic amines) is 1. The van der Waals surface area contributed by atoms with Crippen molar-refractivity contribution >= 4 is 5.82 Å². The second-order valence-electron chi connectivity index (χ2n) is 6.71. The highest BCUT2D eigenvalue weighted by Crippen LogP contribution is 2.26. The van der Waals surface area contributed by atoms with Gasteiger partial charge in [-0.15, -0.1) is 0 Å². The van der Waals surface area contributed by atoms with E-state index in [1.54, 1.807) is 0 Å². The van der Waals surface area contributed by atoms with E-state index in [-0.39, 0.29) is 0 Å². The maximum atomic E-state index is 4.80. The first-order valence-corrected chi connectivity index (χ1v) is 8.70. The lowest BCUT2D eigenvalue weighted by Gasteiger charge is -2.47. The van der Waals surface area contributed by atoms with E-state index in [9.17, 15) is 0 Å². The van der Waals surface area contributed by atoms with Gasteiger partial charge < -0.3 is 4.90 Å². The van der Waals surface area contributed by atoms with Gasteiger partial charge in [0, 0.05) is 36.5 Å². The fraction of sp³-hybridized carbons (Fsp3) is 0.474. The Hall–Kier alpha value is -1.94. The standard InChI is InChI=1S/C19H24N4/c1-15-12-18(21-19(20-15)16-8-4-2-5-9-16)23-13-17(14-23)22-10-6-3-7-11-22/h2,4-5,8-9,12,17H,3,6-7,10-11,13-14H2,1H3. The van der Waals surface area contributed by atoms with Crippen molar-refractivity contribution in [1.82, 2.24) is 14.9 Å². The highest BCUT2D eigenvalue weighted by Gasteiger charge is 2.33. The number of hydrogen-bond acceptors (Lipinski definition) is 4. The molecule has 0 N–H and O–H groups in total. The Morgan fingerprint density at radius 1 is 0.957 bits per heavy atom. The van der Waals surface area contributed by atoms with E-state index < -0.39 is 0 Å². The van der Waals surface area contributed by atoms with Gasteiger partial charge in [0.05, 0.1) is 0 Å². The summed E-state index contributed by atoms with van der Waals surface area (Å²) in [7, 11) is 0. The van der Waals surface area contributed by atoms with E-state index in [2.05, 4.69) is 39.9 Å². The van der Waals surface area contributed by atoms with Crippen molar-refractivity contribution in [3.05, 3.63) is 42.1 Å². The molecule has 3 heterocycles. The van der Waals surface area contributed by atoms with E-state index in [1.165, 1.54) is 32.4 Å². The van der Waals surface area contributed by atoms with Gasteiger partial charge in [-0.3, -0.25) is 4.90 Å². The number of nitrogens with zero attached hydrogens (tertiary/aromatic N) is 4. The van der Waals surface area contributed by atoms with Crippen molar-refractivity contribution in [2.24, 2.45) is 0 Å². The molecule has 120 valence electrons. The predicted molar refractivity (Wildman–Crippen MR) is 93.6 cm³/mol. The highest BCUT2D eigenvalue weighted by atomic mass is 15.3. The fourth-order valence-corrected chi connectivity index (χ4v) is 3.59. The van der Waals surface area contributed by atoms with Crippen molar-refractivity contribution in [3.63, 3.8) is 0 Å². The van der Waals surface area contributed by atoms with E-state index in [0.29, 0.717) is 6.04 Å². The predicted octanol–water partition coefficient (Wildman–Crippen LogP) is 3.13. The SMILES string of the molecule is Cc1cc(N2CC(N3CCCCC3)C2)nc(-c2ccccc2)n1. The van der Waals surface area contributed by atoms with Gasteiger partial charge in [-0.1, -0.05) is 36.8 Å². The third-order valence-corrected chi connectivity index (χ3v) is 4.97. The van der Waals surface area contributed by atoms with Crippen LogP contribution in [0.2, 0.25) is 0 Å². The third kappa shape index (κ3) is 3.08. The van der Waals surface area contributed by atoms with Crippen LogP contribution in [0.3, 0.4) is 0 Å². The third-order valence-electron chi connectivity index (χ3n) is 4.97. The van der Waals surface area contributed by atoms with Crippen molar-refractivity contribution in [2.75, 3.05) is 31.1 Å². The molecule has 4 nitrogen and oxygen atoms in total. The Balaban J connectivity index is 1.49. The van der Waals surface area contributed by atoms with Crippen molar-refractivity contribution in [2.45, 2.75) is 32.2 Å². The van der Waals surface area contributed by atoms with Crippen LogP contribution in [0.15, 0.2) is 36.4 Å². The van der Waals surface area contributed by atoms with Gasteiger partial charge in [0.2, 0.25) is 0 Å². The molecule has 0 unspecified atom stereocenters. The Kier molecular flexibility index (Phi) is 4.00. The smallest absolute Gasteiger partial charge is 0.161 e. The molecule has 0 amide bonds. The van der Waals surface area contributed by atoms with Crippen LogP contribution in [0.1, 0.15) is 25.0 Å². The van der Waals surface area contributed by atoms with Crippen LogP contribution >= 0.6 is 0 Å². The Bertz CT molecular complexity index is 658. The fourth-order valence-electron chi connectivity index (χ4n) is 3.59. The molecule has 0 aliphatic carbocycles. The molecule has 23 heavy (non-hydrogen) atoms. The van der Waals surface area contributed by atoms with Crippen LogP contribution in [0.5, 0.6) is 0 Å². The summed E-state index contributed by atoms with van der Waals surface area (Å²) in [4.78, 5) is 14.5. The number of piperidine rings is 1. The molecule has 2 fully saturated rings. The molecule has 2 saturated heterocycles. The van der Waals surface area contributed by atoms with Gasteiger partial charge in [-0.05, 0) is 32.9 Å². The van der Waals surface area contributed by atoms with E-state index in [4.69, 9.17) is 4.98 Å². The molecule has 0 saturated carbocycles. The van der Waals surface area contributed by atoms with Crippen molar-refractivity contribution in [1.29, 1.82) is 0 Å². The minimum absolute atomic E-state index is 0.714. The van der Waals surface area contributed by atoms with Crippen LogP contribution in [0, 0.1) is 6.92 Å². The Morgan fingerprint density at radius 2 is 1.70 bits per heavy atom. The van der Waals surface area contributed by atoms with Gasteiger partial charge in [-0.2, -0.15) is 0 Å². The van der Waals surface area contributed by atoms with Crippen LogP contribution in [0.4, 0.5) is 5.82 Å². The lowest BCUT2D eigenvalue weighted by Crippen LogP contribution is -2.60. The van der Waals surface area contributed by atoms with Crippen LogP contribution in [0.25, 0.3) is 11.4 Å². The molecule has 0 atom stereocenters. The summed E-state index contributed by atoms with van der Waals surface area (Å²) in [6.07, 6.45) is 4.13. The second kappa shape index (κ2) is 6.28. The van der Waals surface area contributed by atoms with E-state index >= 15 is 0 Å². The minimum atomic E-state index is 0.714. The molecule has 0 radical (unpaired) electrons. The topological polar surface area (TPSA) is 32.3 Å². The molecule has 2 aromatic rings. The van der Waals surface area contributed by atoms with Crippen molar-refractivity contribution in [3.8, 4) is 11.4 Å². The first kappa shape index (κ1) is 14.6. The molecule has 1 aromatic heterocycles. The zero-order valence-electron chi connectivity index (χ0n) is 13.8. The summed E-state index contributed by atoms with van der Waals surface area (Å²) >= 11 is 0. The van der Waals surface area contributed by atoms with Crippen LogP contribution in [-0.4, -0.2) is 47.1 Å². The normalized spacial score (nSPS) is 19.6.